The van der Waals surface area contributed by atoms with Gasteiger partial charge in [-0.25, -0.2) is 0 Å². The maximum atomic E-state index is 5.93. The number of nitrogens with two attached hydrogens (primary N) is 1. The molecule has 2 N–H and O–H groups in total. The maximum absolute atomic E-state index is 5.93. The van der Waals surface area contributed by atoms with E-state index in [2.05, 4.69) is 20.8 Å². The standard InChI is InChI=1S/C11H17BrN2O/c1-8-4-5-9(12)11(10(8)13)15-7-6-14(2)3/h4-5H,6-7,13H2,1-3H3. The molecular weight excluding hydrogens is 256 g/mol. The summed E-state index contributed by atoms with van der Waals surface area (Å²) in [4.78, 5) is 2.07. The van der Waals surface area contributed by atoms with Crippen molar-refractivity contribution in [3.63, 3.8) is 0 Å². The second kappa shape index (κ2) is 5.37. The van der Waals surface area contributed by atoms with Crippen LogP contribution in [0.2, 0.25) is 0 Å². The number of hydrogen-bond acceptors (Lipinski definition) is 3. The predicted octanol–water partition coefficient (Wildman–Crippen LogP) is 2.28. The summed E-state index contributed by atoms with van der Waals surface area (Å²) in [5.74, 6) is 0.747. The van der Waals surface area contributed by atoms with Gasteiger partial charge in [0.05, 0.1) is 10.2 Å². The lowest BCUT2D eigenvalue weighted by atomic mass is 10.2. The van der Waals surface area contributed by atoms with Crippen molar-refractivity contribution >= 4 is 21.6 Å². The first kappa shape index (κ1) is 12.3. The van der Waals surface area contributed by atoms with Crippen LogP contribution < -0.4 is 10.5 Å². The molecule has 15 heavy (non-hydrogen) atoms. The van der Waals surface area contributed by atoms with Crippen molar-refractivity contribution in [2.75, 3.05) is 33.0 Å². The van der Waals surface area contributed by atoms with Gasteiger partial charge in [-0.2, -0.15) is 0 Å². The fourth-order valence-electron chi connectivity index (χ4n) is 1.15. The van der Waals surface area contributed by atoms with Crippen LogP contribution in [0.3, 0.4) is 0 Å². The molecule has 0 fully saturated rings. The molecule has 0 radical (unpaired) electrons. The van der Waals surface area contributed by atoms with Crippen LogP contribution in [-0.2, 0) is 0 Å². The predicted molar refractivity (Wildman–Crippen MR) is 67.3 cm³/mol. The van der Waals surface area contributed by atoms with Crippen LogP contribution in [0.25, 0.3) is 0 Å². The maximum Gasteiger partial charge on any atom is 0.156 e. The quantitative estimate of drug-likeness (QED) is 0.855. The topological polar surface area (TPSA) is 38.5 Å². The van der Waals surface area contributed by atoms with Crippen molar-refractivity contribution in [2.24, 2.45) is 0 Å². The highest BCUT2D eigenvalue weighted by atomic mass is 79.9. The summed E-state index contributed by atoms with van der Waals surface area (Å²) in [5.41, 5.74) is 7.68. The molecule has 0 saturated carbocycles. The molecule has 3 nitrogen and oxygen atoms in total. The lowest BCUT2D eigenvalue weighted by Crippen LogP contribution is -2.19. The number of nitrogen functional groups attached to an aromatic ring is 1. The summed E-state index contributed by atoms with van der Waals surface area (Å²) in [6.07, 6.45) is 0. The van der Waals surface area contributed by atoms with E-state index in [0.717, 1.165) is 22.3 Å². The van der Waals surface area contributed by atoms with E-state index in [-0.39, 0.29) is 0 Å². The van der Waals surface area contributed by atoms with Crippen molar-refractivity contribution in [1.82, 2.24) is 4.90 Å². The third kappa shape index (κ3) is 3.39. The van der Waals surface area contributed by atoms with Gasteiger partial charge in [-0.05, 0) is 48.6 Å². The van der Waals surface area contributed by atoms with Crippen molar-refractivity contribution in [2.45, 2.75) is 6.92 Å². The highest BCUT2D eigenvalue weighted by molar-refractivity contribution is 9.10. The number of rotatable bonds is 4. The molecule has 0 atom stereocenters. The fourth-order valence-corrected chi connectivity index (χ4v) is 1.61. The van der Waals surface area contributed by atoms with Gasteiger partial charge in [0.2, 0.25) is 0 Å². The molecule has 0 aliphatic carbocycles. The molecule has 0 aliphatic rings. The molecule has 0 heterocycles. The number of hydrogen-bond donors (Lipinski definition) is 1. The zero-order valence-electron chi connectivity index (χ0n) is 9.38. The average molecular weight is 273 g/mol. The molecule has 0 unspecified atom stereocenters. The summed E-state index contributed by atoms with van der Waals surface area (Å²) < 4.78 is 6.55. The Morgan fingerprint density at radius 1 is 1.40 bits per heavy atom. The molecule has 84 valence electrons. The Kier molecular flexibility index (Phi) is 4.42. The van der Waals surface area contributed by atoms with Gasteiger partial charge < -0.3 is 15.4 Å². The summed E-state index contributed by atoms with van der Waals surface area (Å²) in [5, 5.41) is 0. The van der Waals surface area contributed by atoms with Gasteiger partial charge in [0.25, 0.3) is 0 Å². The van der Waals surface area contributed by atoms with E-state index in [0.29, 0.717) is 12.3 Å². The van der Waals surface area contributed by atoms with Gasteiger partial charge in [0.15, 0.2) is 5.75 Å². The zero-order chi connectivity index (χ0) is 11.4. The van der Waals surface area contributed by atoms with Crippen molar-refractivity contribution < 1.29 is 4.74 Å². The third-order valence-corrected chi connectivity index (χ3v) is 2.78. The molecule has 0 amide bonds. The van der Waals surface area contributed by atoms with Gasteiger partial charge in [0.1, 0.15) is 6.61 Å². The summed E-state index contributed by atoms with van der Waals surface area (Å²) in [6, 6.07) is 3.93. The molecular formula is C11H17BrN2O. The van der Waals surface area contributed by atoms with Crippen LogP contribution in [0.1, 0.15) is 5.56 Å². The Morgan fingerprint density at radius 3 is 2.67 bits per heavy atom. The Bertz CT molecular complexity index is 340. The van der Waals surface area contributed by atoms with Crippen LogP contribution in [0.5, 0.6) is 5.75 Å². The van der Waals surface area contributed by atoms with Gasteiger partial charge in [-0.1, -0.05) is 6.07 Å². The van der Waals surface area contributed by atoms with E-state index in [1.54, 1.807) is 0 Å². The number of likely N-dealkylation sites (N-methyl/N-ethyl adjacent to an activating group) is 1. The first-order valence-electron chi connectivity index (χ1n) is 4.84. The third-order valence-electron chi connectivity index (χ3n) is 2.15. The van der Waals surface area contributed by atoms with E-state index in [1.807, 2.05) is 33.2 Å². The first-order valence-corrected chi connectivity index (χ1v) is 5.63. The molecule has 1 aromatic carbocycles. The SMILES string of the molecule is Cc1ccc(Br)c(OCCN(C)C)c1N. The monoisotopic (exact) mass is 272 g/mol. The van der Waals surface area contributed by atoms with Crippen LogP contribution in [0, 0.1) is 6.92 Å². The number of aryl methyl sites for hydroxylation is 1. The van der Waals surface area contributed by atoms with Crippen molar-refractivity contribution in [1.29, 1.82) is 0 Å². The van der Waals surface area contributed by atoms with Crippen LogP contribution in [0.4, 0.5) is 5.69 Å². The molecule has 0 spiro atoms. The van der Waals surface area contributed by atoms with E-state index in [4.69, 9.17) is 10.5 Å². The average Bonchev–Trinajstić information content (AvgIpc) is 2.17. The minimum atomic E-state index is 0.638. The van der Waals surface area contributed by atoms with Gasteiger partial charge in [0, 0.05) is 6.54 Å². The number of halogens is 1. The molecule has 0 aliphatic heterocycles. The van der Waals surface area contributed by atoms with E-state index >= 15 is 0 Å². The first-order chi connectivity index (χ1) is 7.02. The van der Waals surface area contributed by atoms with E-state index < -0.39 is 0 Å². The minimum Gasteiger partial charge on any atom is -0.489 e. The van der Waals surface area contributed by atoms with E-state index in [9.17, 15) is 0 Å². The molecule has 1 aromatic rings. The number of benzene rings is 1. The molecule has 1 rings (SSSR count). The Labute approximate surface area is 99.3 Å². The lowest BCUT2D eigenvalue weighted by molar-refractivity contribution is 0.261. The number of anilines is 1. The van der Waals surface area contributed by atoms with Crippen molar-refractivity contribution in [3.05, 3.63) is 22.2 Å². The molecule has 0 bridgehead atoms. The summed E-state index contributed by atoms with van der Waals surface area (Å²) in [7, 11) is 4.02. The minimum absolute atomic E-state index is 0.638. The molecule has 0 aromatic heterocycles. The zero-order valence-corrected chi connectivity index (χ0v) is 11.0. The molecule has 0 saturated heterocycles. The number of nitrogens with zero attached hydrogens (tertiary/aromatic N) is 1. The Morgan fingerprint density at radius 2 is 2.07 bits per heavy atom. The Hall–Kier alpha value is -0.740. The highest BCUT2D eigenvalue weighted by Gasteiger charge is 2.08. The number of ether oxygens (including phenoxy) is 1. The fraction of sp³-hybridized carbons (Fsp3) is 0.455. The second-order valence-electron chi connectivity index (χ2n) is 3.76. The van der Waals surface area contributed by atoms with Gasteiger partial charge >= 0.3 is 0 Å². The summed E-state index contributed by atoms with van der Waals surface area (Å²) in [6.45, 7) is 3.49. The lowest BCUT2D eigenvalue weighted by Gasteiger charge is -2.14. The van der Waals surface area contributed by atoms with Gasteiger partial charge in [-0.15, -0.1) is 0 Å². The smallest absolute Gasteiger partial charge is 0.156 e. The second-order valence-corrected chi connectivity index (χ2v) is 4.61. The highest BCUT2D eigenvalue weighted by Crippen LogP contribution is 2.33. The van der Waals surface area contributed by atoms with Crippen LogP contribution >= 0.6 is 15.9 Å². The van der Waals surface area contributed by atoms with Crippen molar-refractivity contribution in [3.8, 4) is 5.75 Å². The van der Waals surface area contributed by atoms with Crippen LogP contribution in [0.15, 0.2) is 16.6 Å². The molecule has 4 heteroatoms. The van der Waals surface area contributed by atoms with E-state index in [1.165, 1.54) is 0 Å². The van der Waals surface area contributed by atoms with Gasteiger partial charge in [-0.3, -0.25) is 0 Å². The summed E-state index contributed by atoms with van der Waals surface area (Å²) >= 11 is 3.43. The Balaban J connectivity index is 2.71. The van der Waals surface area contributed by atoms with Crippen LogP contribution in [-0.4, -0.2) is 32.1 Å². The normalized spacial score (nSPS) is 10.7. The largest absolute Gasteiger partial charge is 0.489 e.